The van der Waals surface area contributed by atoms with Gasteiger partial charge in [0.25, 0.3) is 11.8 Å². The number of rotatable bonds is 4. The first-order valence-corrected chi connectivity index (χ1v) is 12.6. The molecule has 2 heterocycles. The van der Waals surface area contributed by atoms with Crippen molar-refractivity contribution in [3.8, 4) is 17.0 Å². The molecule has 1 aliphatic heterocycles. The second-order valence-corrected chi connectivity index (χ2v) is 10.1. The summed E-state index contributed by atoms with van der Waals surface area (Å²) in [4.78, 5) is 34.4. The molecule has 182 valence electrons. The average Bonchev–Trinajstić information content (AvgIpc) is 3.18. The van der Waals surface area contributed by atoms with E-state index in [1.54, 1.807) is 40.5 Å². The number of nitrogens with zero attached hydrogens (tertiary/aromatic N) is 2. The summed E-state index contributed by atoms with van der Waals surface area (Å²) >= 11 is 1.68. The second kappa shape index (κ2) is 9.59. The molecule has 0 aliphatic carbocycles. The number of para-hydroxylation sites is 1. The first kappa shape index (κ1) is 23.8. The molecule has 0 fully saturated rings. The minimum atomic E-state index is -0.201. The Balaban J connectivity index is 1.45. The predicted octanol–water partition coefficient (Wildman–Crippen LogP) is 6.20. The van der Waals surface area contributed by atoms with Crippen molar-refractivity contribution < 1.29 is 14.3 Å². The van der Waals surface area contributed by atoms with Crippen molar-refractivity contribution in [2.75, 3.05) is 23.9 Å². The predicted molar refractivity (Wildman–Crippen MR) is 145 cm³/mol. The average molecular weight is 498 g/mol. The molecule has 1 N–H and O–H groups in total. The molecule has 4 aromatic rings. The number of ether oxygens (including phenoxy) is 1. The van der Waals surface area contributed by atoms with Gasteiger partial charge in [-0.1, -0.05) is 30.3 Å². The van der Waals surface area contributed by atoms with Crippen LogP contribution in [0.2, 0.25) is 0 Å². The van der Waals surface area contributed by atoms with Gasteiger partial charge in [-0.2, -0.15) is 0 Å². The van der Waals surface area contributed by atoms with E-state index in [0.717, 1.165) is 39.5 Å². The maximum Gasteiger partial charge on any atom is 0.262 e. The fourth-order valence-electron chi connectivity index (χ4n) is 4.59. The number of aryl methyl sites for hydroxylation is 2. The molecule has 36 heavy (non-hydrogen) atoms. The fraction of sp³-hybridized carbons (Fsp3) is 0.207. The quantitative estimate of drug-likeness (QED) is 0.364. The summed E-state index contributed by atoms with van der Waals surface area (Å²) in [5.74, 6) is 0.0514. The van der Waals surface area contributed by atoms with Crippen LogP contribution in [0.4, 0.5) is 11.4 Å². The third kappa shape index (κ3) is 4.27. The van der Waals surface area contributed by atoms with Crippen LogP contribution < -0.4 is 15.0 Å². The van der Waals surface area contributed by atoms with Gasteiger partial charge in [0, 0.05) is 40.7 Å². The maximum absolute atomic E-state index is 13.8. The SMILES string of the molecule is COc1cc(NC(=O)c2cccc(C)c2C)ccc1C(=O)N1CCc2sc(C)nc2-c2ccccc21. The zero-order valence-electron chi connectivity index (χ0n) is 20.7. The molecular formula is C29H27N3O3S. The van der Waals surface area contributed by atoms with Crippen LogP contribution in [0.5, 0.6) is 5.75 Å². The smallest absolute Gasteiger partial charge is 0.262 e. The number of benzene rings is 3. The Morgan fingerprint density at radius 2 is 1.81 bits per heavy atom. The summed E-state index contributed by atoms with van der Waals surface area (Å²) in [6.07, 6.45) is 0.730. The highest BCUT2D eigenvalue weighted by Gasteiger charge is 2.28. The lowest BCUT2D eigenvalue weighted by atomic mass is 10.0. The molecule has 1 aromatic heterocycles. The van der Waals surface area contributed by atoms with E-state index in [1.165, 1.54) is 12.0 Å². The highest BCUT2D eigenvalue weighted by atomic mass is 32.1. The number of amides is 2. The Morgan fingerprint density at radius 3 is 2.61 bits per heavy atom. The monoisotopic (exact) mass is 497 g/mol. The van der Waals surface area contributed by atoms with Crippen LogP contribution in [0.15, 0.2) is 60.7 Å². The number of carbonyl (C=O) groups is 2. The van der Waals surface area contributed by atoms with Crippen LogP contribution in [0, 0.1) is 20.8 Å². The molecule has 7 heteroatoms. The van der Waals surface area contributed by atoms with Gasteiger partial charge in [0.2, 0.25) is 0 Å². The molecule has 0 atom stereocenters. The largest absolute Gasteiger partial charge is 0.496 e. The number of hydrogen-bond donors (Lipinski definition) is 1. The van der Waals surface area contributed by atoms with E-state index >= 15 is 0 Å². The van der Waals surface area contributed by atoms with Crippen LogP contribution in [0.25, 0.3) is 11.3 Å². The van der Waals surface area contributed by atoms with Crippen LogP contribution in [0.3, 0.4) is 0 Å². The van der Waals surface area contributed by atoms with Crippen molar-refractivity contribution in [2.45, 2.75) is 27.2 Å². The number of methoxy groups -OCH3 is 1. The van der Waals surface area contributed by atoms with Gasteiger partial charge in [0.05, 0.1) is 29.1 Å². The normalized spacial score (nSPS) is 12.4. The summed E-state index contributed by atoms with van der Waals surface area (Å²) in [6.45, 7) is 6.46. The molecule has 0 bridgehead atoms. The summed E-state index contributed by atoms with van der Waals surface area (Å²) in [7, 11) is 1.53. The molecule has 5 rings (SSSR count). The lowest BCUT2D eigenvalue weighted by Gasteiger charge is -2.24. The van der Waals surface area contributed by atoms with Gasteiger partial charge in [-0.3, -0.25) is 9.59 Å². The Bertz CT molecular complexity index is 1490. The molecule has 0 saturated carbocycles. The number of anilines is 2. The van der Waals surface area contributed by atoms with E-state index in [-0.39, 0.29) is 11.8 Å². The van der Waals surface area contributed by atoms with Gasteiger partial charge in [-0.15, -0.1) is 11.3 Å². The Labute approximate surface area is 214 Å². The minimum absolute atomic E-state index is 0.154. The fourth-order valence-corrected chi connectivity index (χ4v) is 5.53. The van der Waals surface area contributed by atoms with Gasteiger partial charge in [0.1, 0.15) is 5.75 Å². The highest BCUT2D eigenvalue weighted by molar-refractivity contribution is 7.12. The van der Waals surface area contributed by atoms with Gasteiger partial charge in [0.15, 0.2) is 0 Å². The number of hydrogen-bond acceptors (Lipinski definition) is 5. The maximum atomic E-state index is 13.8. The van der Waals surface area contributed by atoms with E-state index in [1.807, 2.05) is 57.2 Å². The molecule has 0 unspecified atom stereocenters. The highest BCUT2D eigenvalue weighted by Crippen LogP contribution is 2.39. The van der Waals surface area contributed by atoms with E-state index in [9.17, 15) is 9.59 Å². The number of nitrogens with one attached hydrogen (secondary N) is 1. The van der Waals surface area contributed by atoms with E-state index < -0.39 is 0 Å². The summed E-state index contributed by atoms with van der Waals surface area (Å²) < 4.78 is 5.60. The molecule has 3 aromatic carbocycles. The lowest BCUT2D eigenvalue weighted by Crippen LogP contribution is -2.32. The first-order valence-electron chi connectivity index (χ1n) is 11.8. The lowest BCUT2D eigenvalue weighted by molar-refractivity contribution is 0.0983. The summed E-state index contributed by atoms with van der Waals surface area (Å²) in [5, 5.41) is 3.96. The zero-order valence-corrected chi connectivity index (χ0v) is 21.5. The van der Waals surface area contributed by atoms with Crippen LogP contribution in [0.1, 0.15) is 41.7 Å². The van der Waals surface area contributed by atoms with E-state index in [0.29, 0.717) is 29.1 Å². The number of thiazole rings is 1. The van der Waals surface area contributed by atoms with Gasteiger partial charge >= 0.3 is 0 Å². The Morgan fingerprint density at radius 1 is 1.00 bits per heavy atom. The molecular weight excluding hydrogens is 470 g/mol. The molecule has 2 amide bonds. The molecule has 0 radical (unpaired) electrons. The number of fused-ring (bicyclic) bond motifs is 3. The molecule has 1 aliphatic rings. The van der Waals surface area contributed by atoms with Crippen LogP contribution >= 0.6 is 11.3 Å². The van der Waals surface area contributed by atoms with Gasteiger partial charge in [-0.05, 0) is 56.2 Å². The van der Waals surface area contributed by atoms with Crippen molar-refractivity contribution in [1.29, 1.82) is 0 Å². The van der Waals surface area contributed by atoms with Crippen molar-refractivity contribution in [3.63, 3.8) is 0 Å². The number of aromatic nitrogens is 1. The minimum Gasteiger partial charge on any atom is -0.496 e. The first-order chi connectivity index (χ1) is 17.4. The third-order valence-electron chi connectivity index (χ3n) is 6.60. The Kier molecular flexibility index (Phi) is 6.33. The standard InChI is InChI=1S/C29H27N3O3S/c1-17-8-7-10-21(18(17)2)28(33)31-20-12-13-23(25(16-20)35-4)29(34)32-15-14-26-27(30-19(3)36-26)22-9-5-6-11-24(22)32/h5-13,16H,14-15H2,1-4H3,(H,31,33). The van der Waals surface area contributed by atoms with Crippen molar-refractivity contribution in [3.05, 3.63) is 92.8 Å². The Hall–Kier alpha value is -3.97. The van der Waals surface area contributed by atoms with E-state index in [4.69, 9.17) is 9.72 Å². The number of carbonyl (C=O) groups excluding carboxylic acids is 2. The van der Waals surface area contributed by atoms with Gasteiger partial charge in [-0.25, -0.2) is 4.98 Å². The van der Waals surface area contributed by atoms with Crippen LogP contribution in [-0.2, 0) is 6.42 Å². The molecule has 0 saturated heterocycles. The summed E-state index contributed by atoms with van der Waals surface area (Å²) in [5.41, 5.74) is 6.36. The van der Waals surface area contributed by atoms with E-state index in [2.05, 4.69) is 5.32 Å². The molecule has 0 spiro atoms. The second-order valence-electron chi connectivity index (χ2n) is 8.85. The van der Waals surface area contributed by atoms with Crippen molar-refractivity contribution in [2.24, 2.45) is 0 Å². The van der Waals surface area contributed by atoms with Crippen molar-refractivity contribution >= 4 is 34.5 Å². The topological polar surface area (TPSA) is 71.5 Å². The van der Waals surface area contributed by atoms with Crippen molar-refractivity contribution in [1.82, 2.24) is 4.98 Å². The zero-order chi connectivity index (χ0) is 25.4. The van der Waals surface area contributed by atoms with Gasteiger partial charge < -0.3 is 15.0 Å². The molecule has 6 nitrogen and oxygen atoms in total. The third-order valence-corrected chi connectivity index (χ3v) is 7.63. The van der Waals surface area contributed by atoms with Crippen LogP contribution in [-0.4, -0.2) is 30.5 Å². The summed E-state index contributed by atoms with van der Waals surface area (Å²) in [6, 6.07) is 18.7.